The summed E-state index contributed by atoms with van der Waals surface area (Å²) in [6.45, 7) is 2.80. The SMILES string of the molecule is CN=C(NCC1(c2cccc(F)c2)CC1)NC1CCN(c2ccccc2)C1. The lowest BCUT2D eigenvalue weighted by Crippen LogP contribution is -2.46. The van der Waals surface area contributed by atoms with E-state index < -0.39 is 0 Å². The van der Waals surface area contributed by atoms with Crippen molar-refractivity contribution in [2.24, 2.45) is 4.99 Å². The Morgan fingerprint density at radius 3 is 2.70 bits per heavy atom. The van der Waals surface area contributed by atoms with Gasteiger partial charge in [-0.3, -0.25) is 4.99 Å². The molecule has 142 valence electrons. The van der Waals surface area contributed by atoms with Crippen LogP contribution in [0.5, 0.6) is 0 Å². The van der Waals surface area contributed by atoms with Crippen LogP contribution in [0.1, 0.15) is 24.8 Å². The fourth-order valence-electron chi connectivity index (χ4n) is 3.93. The highest BCUT2D eigenvalue weighted by Crippen LogP contribution is 2.47. The summed E-state index contributed by atoms with van der Waals surface area (Å²) in [4.78, 5) is 6.80. The second-order valence-electron chi connectivity index (χ2n) is 7.63. The number of anilines is 1. The number of benzene rings is 2. The summed E-state index contributed by atoms with van der Waals surface area (Å²) in [6.07, 6.45) is 3.27. The molecule has 2 aromatic rings. The maximum Gasteiger partial charge on any atom is 0.191 e. The molecule has 1 saturated heterocycles. The molecule has 4 nitrogen and oxygen atoms in total. The second kappa shape index (κ2) is 7.59. The standard InChI is InChI=1S/C22H27FN4/c1-24-21(25-16-22(11-12-22)17-6-5-7-18(23)14-17)26-19-10-13-27(15-19)20-8-3-2-4-9-20/h2-9,14,19H,10-13,15-16H2,1H3,(H2,24,25,26). The minimum Gasteiger partial charge on any atom is -0.369 e. The van der Waals surface area contributed by atoms with Gasteiger partial charge < -0.3 is 15.5 Å². The molecular formula is C22H27FN4. The predicted molar refractivity (Wildman–Crippen MR) is 109 cm³/mol. The molecule has 1 saturated carbocycles. The van der Waals surface area contributed by atoms with Gasteiger partial charge in [-0.25, -0.2) is 4.39 Å². The van der Waals surface area contributed by atoms with Crippen molar-refractivity contribution in [2.45, 2.75) is 30.7 Å². The van der Waals surface area contributed by atoms with Crippen molar-refractivity contribution in [2.75, 3.05) is 31.6 Å². The lowest BCUT2D eigenvalue weighted by atomic mass is 9.96. The molecule has 1 aliphatic carbocycles. The van der Waals surface area contributed by atoms with Crippen LogP contribution in [-0.2, 0) is 5.41 Å². The first-order valence-corrected chi connectivity index (χ1v) is 9.72. The molecule has 1 aliphatic heterocycles. The van der Waals surface area contributed by atoms with E-state index in [2.05, 4.69) is 44.8 Å². The number of nitrogens with zero attached hydrogens (tertiary/aromatic N) is 2. The van der Waals surface area contributed by atoms with Crippen LogP contribution in [0.3, 0.4) is 0 Å². The molecule has 2 aromatic carbocycles. The summed E-state index contributed by atoms with van der Waals surface area (Å²) < 4.78 is 13.6. The van der Waals surface area contributed by atoms with Gasteiger partial charge in [-0.1, -0.05) is 30.3 Å². The maximum absolute atomic E-state index is 13.6. The van der Waals surface area contributed by atoms with Crippen LogP contribution >= 0.6 is 0 Å². The highest BCUT2D eigenvalue weighted by Gasteiger charge is 2.44. The number of hydrogen-bond donors (Lipinski definition) is 2. The summed E-state index contributed by atoms with van der Waals surface area (Å²) in [5.41, 5.74) is 2.40. The van der Waals surface area contributed by atoms with Gasteiger partial charge in [-0.15, -0.1) is 0 Å². The molecular weight excluding hydrogens is 339 g/mol. The summed E-state index contributed by atoms with van der Waals surface area (Å²) in [5, 5.41) is 7.02. The Kier molecular flexibility index (Phi) is 5.01. The third kappa shape index (κ3) is 4.07. The third-order valence-electron chi connectivity index (χ3n) is 5.76. The summed E-state index contributed by atoms with van der Waals surface area (Å²) in [7, 11) is 1.81. The first-order chi connectivity index (χ1) is 13.2. The van der Waals surface area contributed by atoms with Gasteiger partial charge in [-0.2, -0.15) is 0 Å². The molecule has 0 spiro atoms. The topological polar surface area (TPSA) is 39.7 Å². The van der Waals surface area contributed by atoms with Gasteiger partial charge in [0.05, 0.1) is 0 Å². The van der Waals surface area contributed by atoms with Crippen molar-refractivity contribution in [3.63, 3.8) is 0 Å². The van der Waals surface area contributed by atoms with E-state index in [1.807, 2.05) is 12.1 Å². The van der Waals surface area contributed by atoms with Crippen LogP contribution in [0.2, 0.25) is 0 Å². The van der Waals surface area contributed by atoms with E-state index in [0.29, 0.717) is 6.04 Å². The zero-order valence-electron chi connectivity index (χ0n) is 15.8. The smallest absolute Gasteiger partial charge is 0.191 e. The van der Waals surface area contributed by atoms with Crippen molar-refractivity contribution in [1.29, 1.82) is 0 Å². The van der Waals surface area contributed by atoms with Crippen LogP contribution in [0.15, 0.2) is 59.6 Å². The van der Waals surface area contributed by atoms with Gasteiger partial charge in [0.1, 0.15) is 5.82 Å². The number of para-hydroxylation sites is 1. The van der Waals surface area contributed by atoms with Crippen LogP contribution < -0.4 is 15.5 Å². The number of guanidine groups is 1. The number of halogens is 1. The number of aliphatic imine (C=N–C) groups is 1. The van der Waals surface area contributed by atoms with Crippen molar-refractivity contribution < 1.29 is 4.39 Å². The quantitative estimate of drug-likeness (QED) is 0.630. The monoisotopic (exact) mass is 366 g/mol. The summed E-state index contributed by atoms with van der Waals surface area (Å²) >= 11 is 0. The molecule has 0 bridgehead atoms. The molecule has 1 unspecified atom stereocenters. The molecule has 1 heterocycles. The Morgan fingerprint density at radius 1 is 1.19 bits per heavy atom. The van der Waals surface area contributed by atoms with Gasteiger partial charge in [0.2, 0.25) is 0 Å². The van der Waals surface area contributed by atoms with E-state index in [1.54, 1.807) is 19.2 Å². The Bertz CT molecular complexity index is 801. The van der Waals surface area contributed by atoms with Gasteiger partial charge in [0, 0.05) is 43.8 Å². The largest absolute Gasteiger partial charge is 0.369 e. The van der Waals surface area contributed by atoms with Crippen LogP contribution in [0, 0.1) is 5.82 Å². The molecule has 5 heteroatoms. The molecule has 4 rings (SSSR count). The van der Waals surface area contributed by atoms with Gasteiger partial charge in [-0.05, 0) is 49.1 Å². The Hall–Kier alpha value is -2.56. The molecule has 1 atom stereocenters. The summed E-state index contributed by atoms with van der Waals surface area (Å²) in [6, 6.07) is 17.9. The Labute approximate surface area is 160 Å². The predicted octanol–water partition coefficient (Wildman–Crippen LogP) is 3.30. The van der Waals surface area contributed by atoms with E-state index >= 15 is 0 Å². The Balaban J connectivity index is 1.32. The van der Waals surface area contributed by atoms with Crippen molar-refractivity contribution >= 4 is 11.6 Å². The maximum atomic E-state index is 13.6. The molecule has 2 fully saturated rings. The molecule has 2 aliphatic rings. The van der Waals surface area contributed by atoms with Crippen LogP contribution in [0.4, 0.5) is 10.1 Å². The third-order valence-corrected chi connectivity index (χ3v) is 5.76. The average Bonchev–Trinajstić information content (AvgIpc) is 3.36. The van der Waals surface area contributed by atoms with E-state index in [-0.39, 0.29) is 11.2 Å². The number of rotatable bonds is 5. The first-order valence-electron chi connectivity index (χ1n) is 9.72. The molecule has 0 radical (unpaired) electrons. The first kappa shape index (κ1) is 17.8. The van der Waals surface area contributed by atoms with Gasteiger partial charge in [0.15, 0.2) is 5.96 Å². The number of hydrogen-bond acceptors (Lipinski definition) is 2. The van der Waals surface area contributed by atoms with E-state index in [4.69, 9.17) is 0 Å². The molecule has 0 amide bonds. The van der Waals surface area contributed by atoms with E-state index in [0.717, 1.165) is 50.4 Å². The van der Waals surface area contributed by atoms with Crippen LogP contribution in [0.25, 0.3) is 0 Å². The minimum atomic E-state index is -0.159. The lowest BCUT2D eigenvalue weighted by Gasteiger charge is -2.22. The fraction of sp³-hybridized carbons (Fsp3) is 0.409. The molecule has 2 N–H and O–H groups in total. The van der Waals surface area contributed by atoms with E-state index in [9.17, 15) is 4.39 Å². The summed E-state index contributed by atoms with van der Waals surface area (Å²) in [5.74, 6) is 0.672. The zero-order chi connectivity index (χ0) is 18.7. The van der Waals surface area contributed by atoms with E-state index in [1.165, 1.54) is 11.8 Å². The van der Waals surface area contributed by atoms with Crippen LogP contribution in [-0.4, -0.2) is 38.7 Å². The molecule has 27 heavy (non-hydrogen) atoms. The zero-order valence-corrected chi connectivity index (χ0v) is 15.8. The lowest BCUT2D eigenvalue weighted by molar-refractivity contribution is 0.598. The van der Waals surface area contributed by atoms with Crippen molar-refractivity contribution in [3.05, 3.63) is 66.0 Å². The molecule has 0 aromatic heterocycles. The average molecular weight is 366 g/mol. The van der Waals surface area contributed by atoms with Gasteiger partial charge >= 0.3 is 0 Å². The highest BCUT2D eigenvalue weighted by atomic mass is 19.1. The van der Waals surface area contributed by atoms with Crippen molar-refractivity contribution in [3.8, 4) is 0 Å². The van der Waals surface area contributed by atoms with Crippen molar-refractivity contribution in [1.82, 2.24) is 10.6 Å². The normalized spacial score (nSPS) is 21.2. The highest BCUT2D eigenvalue weighted by molar-refractivity contribution is 5.80. The van der Waals surface area contributed by atoms with Gasteiger partial charge in [0.25, 0.3) is 0 Å². The second-order valence-corrected chi connectivity index (χ2v) is 7.63. The number of nitrogens with one attached hydrogen (secondary N) is 2. The minimum absolute atomic E-state index is 0.0471. The Morgan fingerprint density at radius 2 is 2.00 bits per heavy atom. The fourth-order valence-corrected chi connectivity index (χ4v) is 3.93.